The van der Waals surface area contributed by atoms with Crippen molar-refractivity contribution < 1.29 is 14.3 Å². The van der Waals surface area contributed by atoms with Crippen LogP contribution in [0.3, 0.4) is 0 Å². The summed E-state index contributed by atoms with van der Waals surface area (Å²) in [5.41, 5.74) is 1.01. The van der Waals surface area contributed by atoms with Gasteiger partial charge in [-0.3, -0.25) is 4.98 Å². The molecule has 0 amide bonds. The highest BCUT2D eigenvalue weighted by atomic mass is 16.4. The van der Waals surface area contributed by atoms with Crippen molar-refractivity contribution in [2.24, 2.45) is 0 Å². The summed E-state index contributed by atoms with van der Waals surface area (Å²) in [4.78, 5) is 14.5. The third-order valence-electron chi connectivity index (χ3n) is 2.03. The Bertz CT molecular complexity index is 479. The third-order valence-corrected chi connectivity index (χ3v) is 2.03. The Kier molecular flexibility index (Phi) is 2.86. The lowest BCUT2D eigenvalue weighted by atomic mass is 10.3. The van der Waals surface area contributed by atoms with Crippen molar-refractivity contribution in [2.45, 2.75) is 6.54 Å². The Morgan fingerprint density at radius 1 is 1.56 bits per heavy atom. The number of aromatic nitrogens is 1. The summed E-state index contributed by atoms with van der Waals surface area (Å²) >= 11 is 0. The van der Waals surface area contributed by atoms with E-state index in [1.807, 2.05) is 12.1 Å². The first-order valence-electron chi connectivity index (χ1n) is 4.70. The molecule has 2 heterocycles. The second-order valence-corrected chi connectivity index (χ2v) is 3.20. The van der Waals surface area contributed by atoms with Crippen molar-refractivity contribution in [3.8, 4) is 0 Å². The fourth-order valence-corrected chi connectivity index (χ4v) is 1.24. The molecule has 82 valence electrons. The zero-order chi connectivity index (χ0) is 11.4. The number of carbonyl (C=O) groups is 1. The Morgan fingerprint density at radius 2 is 2.44 bits per heavy atom. The van der Waals surface area contributed by atoms with Gasteiger partial charge in [0.05, 0.1) is 17.8 Å². The summed E-state index contributed by atoms with van der Waals surface area (Å²) < 4.78 is 5.08. The highest BCUT2D eigenvalue weighted by Crippen LogP contribution is 2.10. The summed E-state index contributed by atoms with van der Waals surface area (Å²) in [6.07, 6.45) is 4.59. The van der Waals surface area contributed by atoms with E-state index < -0.39 is 5.97 Å². The largest absolute Gasteiger partial charge is 0.478 e. The molecule has 0 radical (unpaired) electrons. The molecule has 0 aromatic carbocycles. The topological polar surface area (TPSA) is 75.4 Å². The lowest BCUT2D eigenvalue weighted by Crippen LogP contribution is -1.98. The van der Waals surface area contributed by atoms with E-state index in [1.165, 1.54) is 12.3 Å². The van der Waals surface area contributed by atoms with Gasteiger partial charge in [0.2, 0.25) is 0 Å². The molecule has 0 atom stereocenters. The molecule has 2 N–H and O–H groups in total. The highest BCUT2D eigenvalue weighted by Gasteiger charge is 2.07. The zero-order valence-electron chi connectivity index (χ0n) is 8.38. The first kappa shape index (κ1) is 10.2. The fraction of sp³-hybridized carbons (Fsp3) is 0.0909. The van der Waals surface area contributed by atoms with Gasteiger partial charge in [-0.1, -0.05) is 0 Å². The minimum atomic E-state index is -0.989. The van der Waals surface area contributed by atoms with E-state index in [2.05, 4.69) is 10.3 Å². The second-order valence-electron chi connectivity index (χ2n) is 3.20. The lowest BCUT2D eigenvalue weighted by Gasteiger charge is -2.01. The summed E-state index contributed by atoms with van der Waals surface area (Å²) in [7, 11) is 0. The monoisotopic (exact) mass is 218 g/mol. The van der Waals surface area contributed by atoms with Crippen LogP contribution in [0.1, 0.15) is 16.1 Å². The van der Waals surface area contributed by atoms with Crippen LogP contribution in [-0.4, -0.2) is 16.1 Å². The number of hydrogen-bond acceptors (Lipinski definition) is 4. The first-order valence-corrected chi connectivity index (χ1v) is 4.70. The van der Waals surface area contributed by atoms with Crippen LogP contribution in [0.25, 0.3) is 0 Å². The number of carboxylic acid groups (broad SMARTS) is 1. The summed E-state index contributed by atoms with van der Waals surface area (Å²) in [6, 6.07) is 5.17. The maximum absolute atomic E-state index is 10.6. The average Bonchev–Trinajstić information content (AvgIpc) is 2.76. The number of nitrogens with zero attached hydrogens (tertiary/aromatic N) is 1. The van der Waals surface area contributed by atoms with E-state index in [1.54, 1.807) is 12.4 Å². The minimum Gasteiger partial charge on any atom is -0.478 e. The van der Waals surface area contributed by atoms with Gasteiger partial charge in [0, 0.05) is 12.4 Å². The molecule has 0 saturated heterocycles. The molecule has 5 heteroatoms. The quantitative estimate of drug-likeness (QED) is 0.820. The van der Waals surface area contributed by atoms with Crippen LogP contribution < -0.4 is 5.32 Å². The predicted molar refractivity (Wildman–Crippen MR) is 57.2 cm³/mol. The third kappa shape index (κ3) is 2.38. The predicted octanol–water partition coefficient (Wildman–Crippen LogP) is 1.98. The lowest BCUT2D eigenvalue weighted by molar-refractivity contribution is 0.0696. The Balaban J connectivity index is 1.97. The number of rotatable bonds is 4. The molecular weight excluding hydrogens is 208 g/mol. The van der Waals surface area contributed by atoms with Crippen LogP contribution in [0.4, 0.5) is 5.69 Å². The van der Waals surface area contributed by atoms with Crippen molar-refractivity contribution in [1.29, 1.82) is 0 Å². The van der Waals surface area contributed by atoms with Crippen LogP contribution >= 0.6 is 0 Å². The maximum Gasteiger partial charge on any atom is 0.338 e. The summed E-state index contributed by atoms with van der Waals surface area (Å²) in [6.45, 7) is 0.430. The molecule has 5 nitrogen and oxygen atoms in total. The number of hydrogen-bond donors (Lipinski definition) is 2. The average molecular weight is 218 g/mol. The Labute approximate surface area is 91.7 Å². The van der Waals surface area contributed by atoms with Crippen molar-refractivity contribution in [3.63, 3.8) is 0 Å². The number of furan rings is 1. The first-order chi connectivity index (χ1) is 7.75. The fourth-order valence-electron chi connectivity index (χ4n) is 1.24. The normalized spacial score (nSPS) is 10.0. The Morgan fingerprint density at radius 3 is 3.06 bits per heavy atom. The van der Waals surface area contributed by atoms with E-state index in [9.17, 15) is 4.79 Å². The molecule has 2 aromatic rings. The molecule has 0 aliphatic rings. The molecule has 2 aromatic heterocycles. The van der Waals surface area contributed by atoms with Gasteiger partial charge in [-0.2, -0.15) is 0 Å². The van der Waals surface area contributed by atoms with Crippen molar-refractivity contribution in [2.75, 3.05) is 5.32 Å². The van der Waals surface area contributed by atoms with Gasteiger partial charge in [-0.25, -0.2) is 4.79 Å². The van der Waals surface area contributed by atoms with Gasteiger partial charge < -0.3 is 14.8 Å². The summed E-state index contributed by atoms with van der Waals surface area (Å²) in [5, 5.41) is 11.8. The van der Waals surface area contributed by atoms with Crippen LogP contribution in [0.5, 0.6) is 0 Å². The van der Waals surface area contributed by atoms with Gasteiger partial charge in [0.1, 0.15) is 12.0 Å². The van der Waals surface area contributed by atoms with Crippen molar-refractivity contribution in [3.05, 3.63) is 48.2 Å². The molecular formula is C11H10N2O3. The molecule has 0 saturated carbocycles. The van der Waals surface area contributed by atoms with Crippen LogP contribution in [0, 0.1) is 0 Å². The van der Waals surface area contributed by atoms with Crippen molar-refractivity contribution in [1.82, 2.24) is 4.98 Å². The molecule has 0 fully saturated rings. The van der Waals surface area contributed by atoms with Crippen molar-refractivity contribution >= 4 is 11.7 Å². The number of anilines is 1. The minimum absolute atomic E-state index is 0.156. The molecule has 0 unspecified atom stereocenters. The van der Waals surface area contributed by atoms with Gasteiger partial charge in [-0.05, 0) is 18.2 Å². The molecule has 0 bridgehead atoms. The molecule has 2 rings (SSSR count). The number of pyridine rings is 1. The molecule has 0 aliphatic carbocycles. The van der Waals surface area contributed by atoms with E-state index in [4.69, 9.17) is 9.52 Å². The van der Waals surface area contributed by atoms with Gasteiger partial charge >= 0.3 is 5.97 Å². The Hall–Kier alpha value is -2.30. The summed E-state index contributed by atoms with van der Waals surface area (Å²) in [5.74, 6) is -0.419. The smallest absolute Gasteiger partial charge is 0.338 e. The number of carboxylic acids is 1. The maximum atomic E-state index is 10.6. The van der Waals surface area contributed by atoms with Gasteiger partial charge in [0.15, 0.2) is 0 Å². The number of aromatic carboxylic acids is 1. The standard InChI is InChI=1S/C11H10N2O3/c14-11(15)8-4-10(16-7-8)6-13-9-2-1-3-12-5-9/h1-5,7,13H,6H2,(H,14,15). The molecule has 0 spiro atoms. The second kappa shape index (κ2) is 4.48. The van der Waals surface area contributed by atoms with Gasteiger partial charge in [0.25, 0.3) is 0 Å². The van der Waals surface area contributed by atoms with E-state index >= 15 is 0 Å². The van der Waals surface area contributed by atoms with E-state index in [0.717, 1.165) is 5.69 Å². The van der Waals surface area contributed by atoms with E-state index in [-0.39, 0.29) is 5.56 Å². The highest BCUT2D eigenvalue weighted by molar-refractivity contribution is 5.87. The molecule has 0 aliphatic heterocycles. The van der Waals surface area contributed by atoms with Crippen LogP contribution in [0.2, 0.25) is 0 Å². The SMILES string of the molecule is O=C(O)c1coc(CNc2cccnc2)c1. The van der Waals surface area contributed by atoms with Gasteiger partial charge in [-0.15, -0.1) is 0 Å². The zero-order valence-corrected chi connectivity index (χ0v) is 8.38. The van der Waals surface area contributed by atoms with Crippen LogP contribution in [-0.2, 0) is 6.54 Å². The molecule has 16 heavy (non-hydrogen) atoms. The van der Waals surface area contributed by atoms with E-state index in [0.29, 0.717) is 12.3 Å². The van der Waals surface area contributed by atoms with Crippen LogP contribution in [0.15, 0.2) is 41.3 Å². The number of nitrogens with one attached hydrogen (secondary N) is 1.